The van der Waals surface area contributed by atoms with Gasteiger partial charge >= 0.3 is 6.09 Å². The topological polar surface area (TPSA) is 59.0 Å². The molecule has 1 amide bonds. The van der Waals surface area contributed by atoms with Crippen molar-refractivity contribution in [1.82, 2.24) is 4.90 Å². The number of rotatable bonds is 5. The first-order valence-corrected chi connectivity index (χ1v) is 7.86. The van der Waals surface area contributed by atoms with Crippen molar-refractivity contribution in [3.8, 4) is 0 Å². The van der Waals surface area contributed by atoms with E-state index in [4.69, 9.17) is 9.47 Å². The molecule has 5 nitrogen and oxygen atoms in total. The van der Waals surface area contributed by atoms with E-state index >= 15 is 0 Å². The number of amides is 1. The van der Waals surface area contributed by atoms with Crippen molar-refractivity contribution in [2.75, 3.05) is 26.8 Å². The highest BCUT2D eigenvalue weighted by molar-refractivity contribution is 5.65. The summed E-state index contributed by atoms with van der Waals surface area (Å²) >= 11 is 0. The summed E-state index contributed by atoms with van der Waals surface area (Å²) in [7, 11) is 1.65. The van der Waals surface area contributed by atoms with Crippen LogP contribution in [0.3, 0.4) is 0 Å². The minimum Gasteiger partial charge on any atom is -0.465 e. The Bertz CT molecular complexity index is 541. The third-order valence-electron chi connectivity index (χ3n) is 4.88. The van der Waals surface area contributed by atoms with Crippen LogP contribution < -0.4 is 0 Å². The molecule has 3 rings (SSSR count). The van der Waals surface area contributed by atoms with Crippen LogP contribution in [0, 0.1) is 0 Å². The SMILES string of the molecule is CN(CC1(CCC2OCCO2)CCc2ccccc21)C(=O)O. The Labute approximate surface area is 130 Å². The minimum absolute atomic E-state index is 0.126. The lowest BCUT2D eigenvalue weighted by Gasteiger charge is -2.34. The second-order valence-electron chi connectivity index (χ2n) is 6.29. The van der Waals surface area contributed by atoms with E-state index in [2.05, 4.69) is 18.2 Å². The van der Waals surface area contributed by atoms with E-state index in [1.54, 1.807) is 7.05 Å². The molecule has 120 valence electrons. The molecule has 1 heterocycles. The second kappa shape index (κ2) is 6.26. The first-order chi connectivity index (χ1) is 10.6. The van der Waals surface area contributed by atoms with E-state index in [1.165, 1.54) is 16.0 Å². The van der Waals surface area contributed by atoms with Crippen LogP contribution in [-0.4, -0.2) is 49.2 Å². The smallest absolute Gasteiger partial charge is 0.407 e. The number of carboxylic acid groups (broad SMARTS) is 1. The molecule has 1 fully saturated rings. The Hall–Kier alpha value is -1.59. The van der Waals surface area contributed by atoms with Gasteiger partial charge in [-0.15, -0.1) is 0 Å². The van der Waals surface area contributed by atoms with E-state index in [0.717, 1.165) is 25.7 Å². The monoisotopic (exact) mass is 305 g/mol. The van der Waals surface area contributed by atoms with Gasteiger partial charge in [0, 0.05) is 19.0 Å². The lowest BCUT2D eigenvalue weighted by Crippen LogP contribution is -2.40. The third-order valence-corrected chi connectivity index (χ3v) is 4.88. The molecule has 2 aliphatic rings. The molecule has 0 radical (unpaired) electrons. The zero-order valence-electron chi connectivity index (χ0n) is 13.0. The van der Waals surface area contributed by atoms with E-state index in [0.29, 0.717) is 19.8 Å². The molecule has 1 N–H and O–H groups in total. The largest absolute Gasteiger partial charge is 0.465 e. The van der Waals surface area contributed by atoms with Gasteiger partial charge in [0.1, 0.15) is 0 Å². The quantitative estimate of drug-likeness (QED) is 0.908. The van der Waals surface area contributed by atoms with Gasteiger partial charge in [-0.3, -0.25) is 0 Å². The number of likely N-dealkylation sites (N-methyl/N-ethyl adjacent to an activating group) is 1. The molecule has 1 saturated heterocycles. The molecule has 1 aromatic rings. The summed E-state index contributed by atoms with van der Waals surface area (Å²) in [6.45, 7) is 1.83. The summed E-state index contributed by atoms with van der Waals surface area (Å²) < 4.78 is 11.1. The highest BCUT2D eigenvalue weighted by atomic mass is 16.7. The Balaban J connectivity index is 1.81. The first kappa shape index (κ1) is 15.3. The average molecular weight is 305 g/mol. The molecule has 0 spiro atoms. The summed E-state index contributed by atoms with van der Waals surface area (Å²) in [5, 5.41) is 9.26. The highest BCUT2D eigenvalue weighted by Crippen LogP contribution is 2.43. The van der Waals surface area contributed by atoms with Gasteiger partial charge in [0.25, 0.3) is 0 Å². The Morgan fingerprint density at radius 1 is 1.36 bits per heavy atom. The highest BCUT2D eigenvalue weighted by Gasteiger charge is 2.40. The van der Waals surface area contributed by atoms with Crippen LogP contribution >= 0.6 is 0 Å². The molecule has 22 heavy (non-hydrogen) atoms. The number of hydrogen-bond acceptors (Lipinski definition) is 3. The summed E-state index contributed by atoms with van der Waals surface area (Å²) in [5.41, 5.74) is 2.51. The van der Waals surface area contributed by atoms with Crippen LogP contribution in [0.4, 0.5) is 4.79 Å². The third kappa shape index (κ3) is 2.96. The van der Waals surface area contributed by atoms with Crippen molar-refractivity contribution in [1.29, 1.82) is 0 Å². The van der Waals surface area contributed by atoms with Crippen LogP contribution in [0.15, 0.2) is 24.3 Å². The molecule has 1 unspecified atom stereocenters. The first-order valence-electron chi connectivity index (χ1n) is 7.86. The second-order valence-corrected chi connectivity index (χ2v) is 6.29. The van der Waals surface area contributed by atoms with Crippen molar-refractivity contribution < 1.29 is 19.4 Å². The lowest BCUT2D eigenvalue weighted by atomic mass is 9.77. The summed E-state index contributed by atoms with van der Waals surface area (Å²) in [6.07, 6.45) is 2.66. The minimum atomic E-state index is -0.878. The van der Waals surface area contributed by atoms with E-state index in [9.17, 15) is 9.90 Å². The fourth-order valence-corrected chi connectivity index (χ4v) is 3.76. The zero-order chi connectivity index (χ0) is 15.6. The molecule has 1 atom stereocenters. The number of aryl methyl sites for hydroxylation is 1. The molecule has 0 saturated carbocycles. The maximum atomic E-state index is 11.3. The molecule has 0 aromatic heterocycles. The number of benzene rings is 1. The Morgan fingerprint density at radius 2 is 2.09 bits per heavy atom. The normalized spacial score (nSPS) is 24.4. The van der Waals surface area contributed by atoms with E-state index in [1.807, 2.05) is 6.07 Å². The number of ether oxygens (including phenoxy) is 2. The van der Waals surface area contributed by atoms with Gasteiger partial charge < -0.3 is 19.5 Å². The van der Waals surface area contributed by atoms with Crippen molar-refractivity contribution in [3.05, 3.63) is 35.4 Å². The van der Waals surface area contributed by atoms with Crippen LogP contribution in [0.1, 0.15) is 30.4 Å². The van der Waals surface area contributed by atoms with Crippen LogP contribution in [-0.2, 0) is 21.3 Å². The van der Waals surface area contributed by atoms with Crippen molar-refractivity contribution >= 4 is 6.09 Å². The predicted octanol–water partition coefficient (Wildman–Crippen LogP) is 2.63. The standard InChI is InChI=1S/C17H23NO4/c1-18(16(19)20)12-17(9-7-15-21-10-11-22-15)8-6-13-4-2-3-5-14(13)17/h2-5,15H,6-12H2,1H3,(H,19,20). The molecule has 1 aliphatic heterocycles. The average Bonchev–Trinajstić information content (AvgIpc) is 3.14. The maximum Gasteiger partial charge on any atom is 0.407 e. The molecule has 0 bridgehead atoms. The summed E-state index contributed by atoms with van der Waals surface area (Å²) in [5.74, 6) is 0. The molecule has 1 aliphatic carbocycles. The van der Waals surface area contributed by atoms with Gasteiger partial charge in [-0.2, -0.15) is 0 Å². The van der Waals surface area contributed by atoms with Gasteiger partial charge in [-0.1, -0.05) is 24.3 Å². The fraction of sp³-hybridized carbons (Fsp3) is 0.588. The van der Waals surface area contributed by atoms with Gasteiger partial charge in [0.15, 0.2) is 6.29 Å². The van der Waals surface area contributed by atoms with E-state index < -0.39 is 6.09 Å². The number of nitrogens with zero attached hydrogens (tertiary/aromatic N) is 1. The number of fused-ring (bicyclic) bond motifs is 1. The van der Waals surface area contributed by atoms with Crippen molar-refractivity contribution in [3.63, 3.8) is 0 Å². The molecular weight excluding hydrogens is 282 g/mol. The van der Waals surface area contributed by atoms with Crippen LogP contribution in [0.5, 0.6) is 0 Å². The summed E-state index contributed by atoms with van der Waals surface area (Å²) in [4.78, 5) is 12.7. The van der Waals surface area contributed by atoms with Crippen LogP contribution in [0.25, 0.3) is 0 Å². The molecule has 1 aromatic carbocycles. The van der Waals surface area contributed by atoms with Gasteiger partial charge in [-0.25, -0.2) is 4.79 Å². The summed E-state index contributed by atoms with van der Waals surface area (Å²) in [6, 6.07) is 8.40. The van der Waals surface area contributed by atoms with Gasteiger partial charge in [0.2, 0.25) is 0 Å². The predicted molar refractivity (Wildman–Crippen MR) is 82.0 cm³/mol. The van der Waals surface area contributed by atoms with Gasteiger partial charge in [-0.05, 0) is 36.8 Å². The van der Waals surface area contributed by atoms with Gasteiger partial charge in [0.05, 0.1) is 13.2 Å². The van der Waals surface area contributed by atoms with Crippen molar-refractivity contribution in [2.24, 2.45) is 0 Å². The lowest BCUT2D eigenvalue weighted by molar-refractivity contribution is -0.0519. The maximum absolute atomic E-state index is 11.3. The zero-order valence-corrected chi connectivity index (χ0v) is 13.0. The molecule has 5 heteroatoms. The van der Waals surface area contributed by atoms with Crippen molar-refractivity contribution in [2.45, 2.75) is 37.4 Å². The Morgan fingerprint density at radius 3 is 2.82 bits per heavy atom. The molecular formula is C17H23NO4. The Kier molecular flexibility index (Phi) is 4.36. The van der Waals surface area contributed by atoms with Crippen LogP contribution in [0.2, 0.25) is 0 Å². The number of hydrogen-bond donors (Lipinski definition) is 1. The fourth-order valence-electron chi connectivity index (χ4n) is 3.76. The van der Waals surface area contributed by atoms with E-state index in [-0.39, 0.29) is 11.7 Å². The number of carbonyl (C=O) groups is 1.